The molecule has 0 amide bonds. The highest BCUT2D eigenvalue weighted by molar-refractivity contribution is 7.19. The first-order valence-corrected chi connectivity index (χ1v) is 12.2. The third-order valence-electron chi connectivity index (χ3n) is 6.36. The van der Waals surface area contributed by atoms with Crippen LogP contribution in [0.25, 0.3) is 0 Å². The number of imidazole rings is 1. The lowest BCUT2D eigenvalue weighted by molar-refractivity contribution is -0.671. The van der Waals surface area contributed by atoms with E-state index in [1.807, 2.05) is 34.9 Å². The first kappa shape index (κ1) is 23.6. The topological polar surface area (TPSA) is 8.81 Å². The fraction of sp³-hybridized carbons (Fsp3) is 0.100. The molecule has 1 heterocycles. The van der Waals surface area contributed by atoms with Gasteiger partial charge in [-0.25, -0.2) is 9.13 Å². The summed E-state index contributed by atoms with van der Waals surface area (Å²) < 4.78 is 4.04. The Bertz CT molecular complexity index is 1090. The van der Waals surface area contributed by atoms with Crippen molar-refractivity contribution in [2.24, 2.45) is 7.05 Å². The van der Waals surface area contributed by atoms with Gasteiger partial charge in [-0.1, -0.05) is 121 Å². The Morgan fingerprint density at radius 3 is 1.24 bits per heavy atom. The number of halogens is 1. The maximum atomic E-state index is 5.52. The molecule has 0 aliphatic carbocycles. The van der Waals surface area contributed by atoms with Crippen LogP contribution in [0.4, 0.5) is 0 Å². The van der Waals surface area contributed by atoms with E-state index in [1.54, 1.807) is 0 Å². The summed E-state index contributed by atoms with van der Waals surface area (Å²) in [5.74, 6) is 0.675. The van der Waals surface area contributed by atoms with E-state index in [1.165, 1.54) is 21.9 Å². The van der Waals surface area contributed by atoms with Gasteiger partial charge in [-0.3, -0.25) is 0 Å². The van der Waals surface area contributed by atoms with Gasteiger partial charge in [0, 0.05) is 0 Å². The molecular formula is C30H30BClN2. The van der Waals surface area contributed by atoms with Crippen molar-refractivity contribution in [2.75, 3.05) is 5.88 Å². The molecule has 0 saturated carbocycles. The number of aryl methyl sites for hydroxylation is 2. The molecule has 0 radical (unpaired) electrons. The molecule has 4 aromatic carbocycles. The minimum atomic E-state index is -1.22. The van der Waals surface area contributed by atoms with Gasteiger partial charge < -0.3 is 0 Å². The quantitative estimate of drug-likeness (QED) is 0.206. The number of benzene rings is 4. The molecule has 0 unspecified atom stereocenters. The van der Waals surface area contributed by atoms with Crippen LogP contribution < -0.4 is 26.4 Å². The van der Waals surface area contributed by atoms with Crippen LogP contribution in [0.2, 0.25) is 0 Å². The van der Waals surface area contributed by atoms with Gasteiger partial charge in [0.15, 0.2) is 0 Å². The number of aromatic nitrogens is 2. The van der Waals surface area contributed by atoms with Gasteiger partial charge in [0.2, 0.25) is 6.33 Å². The zero-order chi connectivity index (χ0) is 23.6. The van der Waals surface area contributed by atoms with Gasteiger partial charge in [0.1, 0.15) is 25.1 Å². The molecule has 2 nitrogen and oxygen atoms in total. The van der Waals surface area contributed by atoms with Crippen molar-refractivity contribution in [3.8, 4) is 0 Å². The van der Waals surface area contributed by atoms with Gasteiger partial charge >= 0.3 is 0 Å². The molecule has 0 aliphatic rings. The van der Waals surface area contributed by atoms with Gasteiger partial charge in [-0.05, 0) is 0 Å². The van der Waals surface area contributed by atoms with E-state index in [9.17, 15) is 0 Å². The van der Waals surface area contributed by atoms with Crippen molar-refractivity contribution in [3.05, 3.63) is 140 Å². The van der Waals surface area contributed by atoms with Gasteiger partial charge in [-0.15, -0.1) is 11.6 Å². The zero-order valence-electron chi connectivity index (χ0n) is 19.5. The maximum absolute atomic E-state index is 5.52. The fourth-order valence-corrected chi connectivity index (χ4v) is 5.05. The summed E-state index contributed by atoms with van der Waals surface area (Å²) in [6.45, 7) is 0.891. The summed E-state index contributed by atoms with van der Waals surface area (Å²) in [7, 11) is 1.99. The van der Waals surface area contributed by atoms with E-state index in [2.05, 4.69) is 121 Å². The predicted molar refractivity (Wildman–Crippen MR) is 146 cm³/mol. The lowest BCUT2D eigenvalue weighted by Gasteiger charge is -2.44. The molecule has 0 spiro atoms. The lowest BCUT2D eigenvalue weighted by Crippen LogP contribution is -2.74. The Hall–Kier alpha value is -3.56. The van der Waals surface area contributed by atoms with E-state index in [0.29, 0.717) is 5.88 Å². The van der Waals surface area contributed by atoms with Crippen LogP contribution in [-0.2, 0) is 13.6 Å². The SMILES string of the molecule is C[n+]1ccn(CCCl)c1.c1ccc([B-](c2ccccc2)(c2ccccc2)c2ccccc2)cc1. The normalized spacial score (nSPS) is 10.9. The molecule has 170 valence electrons. The number of hydrogen-bond acceptors (Lipinski definition) is 0. The molecule has 5 aromatic rings. The molecule has 0 saturated heterocycles. The standard InChI is InChI=1S/C24H20B.C6H10ClN2/c1-5-13-21(14-6-1)25(22-15-7-2-8-16-22,23-17-9-3-10-18-23)24-19-11-4-12-20-24;1-8-4-5-9(6-8)3-2-7/h1-20H;4-6H,2-3H2,1H3/q-1;+1. The monoisotopic (exact) mass is 464 g/mol. The molecule has 0 aliphatic heterocycles. The Morgan fingerprint density at radius 2 is 0.971 bits per heavy atom. The molecule has 0 atom stereocenters. The second kappa shape index (κ2) is 11.5. The van der Waals surface area contributed by atoms with Gasteiger partial charge in [0.25, 0.3) is 0 Å². The lowest BCUT2D eigenvalue weighted by atomic mass is 9.13. The number of alkyl halides is 1. The molecule has 4 heteroatoms. The number of hydrogen-bond donors (Lipinski definition) is 0. The van der Waals surface area contributed by atoms with Crippen molar-refractivity contribution in [3.63, 3.8) is 0 Å². The summed E-state index contributed by atoms with van der Waals surface area (Å²) in [5.41, 5.74) is 5.36. The maximum Gasteiger partial charge on any atom is 0.243 e. The van der Waals surface area contributed by atoms with Crippen molar-refractivity contribution in [1.29, 1.82) is 0 Å². The van der Waals surface area contributed by atoms with E-state index < -0.39 is 6.15 Å². The first-order chi connectivity index (χ1) is 16.7. The molecule has 0 N–H and O–H groups in total. The average molecular weight is 465 g/mol. The molecule has 1 aromatic heterocycles. The van der Waals surface area contributed by atoms with Crippen LogP contribution in [0.3, 0.4) is 0 Å². The van der Waals surface area contributed by atoms with E-state index in [-0.39, 0.29) is 0 Å². The van der Waals surface area contributed by atoms with Crippen LogP contribution in [0.15, 0.2) is 140 Å². The van der Waals surface area contributed by atoms with Crippen molar-refractivity contribution in [1.82, 2.24) is 4.57 Å². The smallest absolute Gasteiger partial charge is 0.240 e. The summed E-state index contributed by atoms with van der Waals surface area (Å²) >= 11 is 5.52. The zero-order valence-corrected chi connectivity index (χ0v) is 20.3. The highest BCUT2D eigenvalue weighted by atomic mass is 35.5. The van der Waals surface area contributed by atoms with Crippen molar-refractivity contribution >= 4 is 39.6 Å². The second-order valence-electron chi connectivity index (χ2n) is 8.51. The van der Waals surface area contributed by atoms with E-state index in [4.69, 9.17) is 11.6 Å². The fourth-order valence-electron chi connectivity index (χ4n) is 4.85. The molecule has 34 heavy (non-hydrogen) atoms. The van der Waals surface area contributed by atoms with Crippen LogP contribution in [0, 0.1) is 0 Å². The van der Waals surface area contributed by atoms with Gasteiger partial charge in [-0.2, -0.15) is 21.9 Å². The Balaban J connectivity index is 0.000000257. The average Bonchev–Trinajstić information content (AvgIpc) is 3.32. The number of nitrogens with zero attached hydrogens (tertiary/aromatic N) is 2. The summed E-state index contributed by atoms with van der Waals surface area (Å²) in [6, 6.07) is 43.5. The Labute approximate surface area is 208 Å². The first-order valence-electron chi connectivity index (χ1n) is 11.7. The van der Waals surface area contributed by atoms with E-state index in [0.717, 1.165) is 6.54 Å². The minimum absolute atomic E-state index is 0.675. The third kappa shape index (κ3) is 5.16. The Kier molecular flexibility index (Phi) is 8.01. The second-order valence-corrected chi connectivity index (χ2v) is 8.89. The summed E-state index contributed by atoms with van der Waals surface area (Å²) in [4.78, 5) is 0. The molecule has 5 rings (SSSR count). The summed E-state index contributed by atoms with van der Waals surface area (Å²) in [5, 5.41) is 0. The van der Waals surface area contributed by atoms with Crippen molar-refractivity contribution < 1.29 is 4.57 Å². The molecule has 0 bridgehead atoms. The minimum Gasteiger partial charge on any atom is -0.240 e. The largest absolute Gasteiger partial charge is 0.243 e. The molecule has 0 fully saturated rings. The highest BCUT2D eigenvalue weighted by Crippen LogP contribution is 2.09. The Morgan fingerprint density at radius 1 is 0.618 bits per heavy atom. The number of rotatable bonds is 6. The van der Waals surface area contributed by atoms with Crippen LogP contribution in [0.5, 0.6) is 0 Å². The van der Waals surface area contributed by atoms with Gasteiger partial charge in [0.05, 0.1) is 12.9 Å². The van der Waals surface area contributed by atoms with Crippen molar-refractivity contribution in [2.45, 2.75) is 6.54 Å². The highest BCUT2D eigenvalue weighted by Gasteiger charge is 2.30. The molecular weight excluding hydrogens is 435 g/mol. The van der Waals surface area contributed by atoms with Crippen LogP contribution in [-0.4, -0.2) is 16.6 Å². The third-order valence-corrected chi connectivity index (χ3v) is 6.53. The summed E-state index contributed by atoms with van der Waals surface area (Å²) in [6.07, 6.45) is 4.78. The predicted octanol–water partition coefficient (Wildman–Crippen LogP) is 3.62. The van der Waals surface area contributed by atoms with Crippen LogP contribution in [0.1, 0.15) is 0 Å². The van der Waals surface area contributed by atoms with Crippen LogP contribution >= 0.6 is 11.6 Å². The van der Waals surface area contributed by atoms with E-state index >= 15 is 0 Å².